The molecule has 0 radical (unpaired) electrons. The Morgan fingerprint density at radius 2 is 2.00 bits per heavy atom. The highest BCUT2D eigenvalue weighted by Gasteiger charge is 2.50. The fourth-order valence-corrected chi connectivity index (χ4v) is 6.60. The lowest BCUT2D eigenvalue weighted by atomic mass is 9.92. The second kappa shape index (κ2) is 10.2. The summed E-state index contributed by atoms with van der Waals surface area (Å²) in [6, 6.07) is 0.927. The van der Waals surface area contributed by atoms with E-state index in [1.807, 2.05) is 0 Å². The number of nitrogens with one attached hydrogen (secondary N) is 3. The maximum atomic E-state index is 14.2. The largest absolute Gasteiger partial charge is 0.389 e. The number of aromatic amines is 1. The number of nitrogens with zero attached hydrogens (tertiary/aromatic N) is 1. The molecule has 2 saturated heterocycles. The van der Waals surface area contributed by atoms with Crippen molar-refractivity contribution in [1.82, 2.24) is 20.5 Å². The zero-order chi connectivity index (χ0) is 26.4. The predicted molar refractivity (Wildman–Crippen MR) is 134 cm³/mol. The van der Waals surface area contributed by atoms with Crippen LogP contribution >= 0.6 is 23.2 Å². The second-order valence-electron chi connectivity index (χ2n) is 10.1. The molecule has 12 heteroatoms. The molecule has 3 aliphatic rings. The predicted octanol–water partition coefficient (Wildman–Crippen LogP) is 2.43. The monoisotopic (exact) mass is 552 g/mol. The van der Waals surface area contributed by atoms with Crippen molar-refractivity contribution in [3.8, 4) is 0 Å². The number of benzene rings is 1. The van der Waals surface area contributed by atoms with Crippen molar-refractivity contribution in [1.29, 1.82) is 0 Å². The smallest absolute Gasteiger partial charge is 0.271 e. The van der Waals surface area contributed by atoms with Crippen molar-refractivity contribution < 1.29 is 28.7 Å². The summed E-state index contributed by atoms with van der Waals surface area (Å²) in [6.07, 6.45) is 3.19. The molecule has 3 amide bonds. The molecular formula is C25H27Cl2FN4O5. The molecule has 1 aromatic heterocycles. The topological polar surface area (TPSA) is 132 Å². The first-order chi connectivity index (χ1) is 17.7. The Bertz CT molecular complexity index is 1280. The summed E-state index contributed by atoms with van der Waals surface area (Å²) in [7, 11) is 0. The van der Waals surface area contributed by atoms with Crippen LogP contribution in [0, 0.1) is 23.6 Å². The number of aromatic nitrogens is 1. The van der Waals surface area contributed by atoms with Crippen molar-refractivity contribution in [2.24, 2.45) is 17.8 Å². The SMILES string of the molecule is O=C(CO)C(C[C@@H]1CCNC1=O)NC(=O)[C@@H]1[C@H]2CCC[C@H]2CN1C(=O)c1cc2c(Cl)c(F)c(Cl)cc2[nH]1. The van der Waals surface area contributed by atoms with E-state index in [1.165, 1.54) is 17.0 Å². The van der Waals surface area contributed by atoms with E-state index in [-0.39, 0.29) is 39.9 Å². The molecule has 5 rings (SSSR count). The Labute approximate surface area is 222 Å². The van der Waals surface area contributed by atoms with Gasteiger partial charge < -0.3 is 25.6 Å². The molecule has 2 aliphatic heterocycles. The van der Waals surface area contributed by atoms with Crippen molar-refractivity contribution in [2.45, 2.75) is 44.2 Å². The van der Waals surface area contributed by atoms with Gasteiger partial charge >= 0.3 is 0 Å². The Morgan fingerprint density at radius 1 is 1.22 bits per heavy atom. The van der Waals surface area contributed by atoms with E-state index < -0.39 is 48.0 Å². The Hall–Kier alpha value is -2.69. The summed E-state index contributed by atoms with van der Waals surface area (Å²) in [5.74, 6) is -2.88. The Balaban J connectivity index is 1.41. The van der Waals surface area contributed by atoms with Crippen molar-refractivity contribution in [3.05, 3.63) is 33.7 Å². The van der Waals surface area contributed by atoms with Crippen LogP contribution in [0.3, 0.4) is 0 Å². The van der Waals surface area contributed by atoms with Crippen LogP contribution < -0.4 is 10.6 Å². The number of H-pyrrole nitrogens is 1. The highest BCUT2D eigenvalue weighted by atomic mass is 35.5. The summed E-state index contributed by atoms with van der Waals surface area (Å²) in [4.78, 5) is 56.2. The van der Waals surface area contributed by atoms with Gasteiger partial charge in [0.1, 0.15) is 18.3 Å². The standard InChI is InChI=1S/C25H27Cl2FN4O5/c26-15-8-16-14(20(27)21(15)28)7-18(30-16)25(37)32-9-12-2-1-3-13(12)22(32)24(36)31-17(19(34)10-33)6-11-4-5-29-23(11)35/h7-8,11-13,17,22,30,33H,1-6,9-10H2,(H,29,35)(H,31,36)/t11-,12-,13-,17?,22-/m0/s1. The fraction of sp³-hybridized carbons (Fsp3) is 0.520. The minimum absolute atomic E-state index is 0.0801. The summed E-state index contributed by atoms with van der Waals surface area (Å²) in [5, 5.41) is 14.8. The molecule has 5 atom stereocenters. The molecule has 198 valence electrons. The number of rotatable bonds is 7. The van der Waals surface area contributed by atoms with Gasteiger partial charge in [0.05, 0.1) is 16.1 Å². The number of carbonyl (C=O) groups excluding carboxylic acids is 4. The first kappa shape index (κ1) is 25.9. The van der Waals surface area contributed by atoms with Crippen LogP contribution in [0.5, 0.6) is 0 Å². The zero-order valence-corrected chi connectivity index (χ0v) is 21.4. The maximum absolute atomic E-state index is 14.2. The molecule has 4 N–H and O–H groups in total. The van der Waals surface area contributed by atoms with E-state index in [0.717, 1.165) is 19.3 Å². The summed E-state index contributed by atoms with van der Waals surface area (Å²) >= 11 is 12.0. The summed E-state index contributed by atoms with van der Waals surface area (Å²) in [6.45, 7) is 0.0901. The second-order valence-corrected chi connectivity index (χ2v) is 10.9. The molecule has 37 heavy (non-hydrogen) atoms. The average Bonchev–Trinajstić information content (AvgIpc) is 3.65. The van der Waals surface area contributed by atoms with E-state index in [9.17, 15) is 28.7 Å². The summed E-state index contributed by atoms with van der Waals surface area (Å²) < 4.78 is 14.2. The Morgan fingerprint density at radius 3 is 2.70 bits per heavy atom. The van der Waals surface area contributed by atoms with Gasteiger partial charge in [0, 0.05) is 29.9 Å². The minimum Gasteiger partial charge on any atom is -0.389 e. The first-order valence-electron chi connectivity index (χ1n) is 12.4. The van der Waals surface area contributed by atoms with E-state index in [0.29, 0.717) is 30.4 Å². The molecule has 1 aromatic carbocycles. The number of likely N-dealkylation sites (tertiary alicyclic amines) is 1. The third-order valence-electron chi connectivity index (χ3n) is 7.95. The maximum Gasteiger partial charge on any atom is 0.271 e. The number of amides is 3. The fourth-order valence-electron chi connectivity index (χ4n) is 6.09. The van der Waals surface area contributed by atoms with Gasteiger partial charge in [-0.15, -0.1) is 0 Å². The molecule has 1 saturated carbocycles. The molecule has 1 unspecified atom stereocenters. The van der Waals surface area contributed by atoms with Crippen LogP contribution in [0.2, 0.25) is 10.0 Å². The van der Waals surface area contributed by atoms with Crippen LogP contribution in [0.1, 0.15) is 42.6 Å². The van der Waals surface area contributed by atoms with Crippen molar-refractivity contribution in [3.63, 3.8) is 0 Å². The first-order valence-corrected chi connectivity index (χ1v) is 13.1. The van der Waals surface area contributed by atoms with Gasteiger partial charge in [-0.05, 0) is 49.7 Å². The number of aliphatic hydroxyl groups excluding tert-OH is 1. The van der Waals surface area contributed by atoms with Crippen LogP contribution in [0.4, 0.5) is 4.39 Å². The van der Waals surface area contributed by atoms with Crippen LogP contribution in [-0.4, -0.2) is 70.3 Å². The molecule has 2 aromatic rings. The Kier molecular flexibility index (Phi) is 7.17. The normalized spacial score (nSPS) is 25.8. The third-order valence-corrected chi connectivity index (χ3v) is 8.60. The number of carbonyl (C=O) groups is 4. The quantitative estimate of drug-likeness (QED) is 0.392. The van der Waals surface area contributed by atoms with Gasteiger partial charge in [0.2, 0.25) is 11.8 Å². The average molecular weight is 553 g/mol. The third kappa shape index (κ3) is 4.70. The van der Waals surface area contributed by atoms with Gasteiger partial charge in [-0.25, -0.2) is 4.39 Å². The molecule has 0 spiro atoms. The van der Waals surface area contributed by atoms with Gasteiger partial charge in [0.25, 0.3) is 5.91 Å². The molecular weight excluding hydrogens is 526 g/mol. The zero-order valence-electron chi connectivity index (χ0n) is 19.9. The number of fused-ring (bicyclic) bond motifs is 2. The van der Waals surface area contributed by atoms with Crippen LogP contribution in [0.25, 0.3) is 10.9 Å². The number of hydrogen-bond acceptors (Lipinski definition) is 5. The highest BCUT2D eigenvalue weighted by Crippen LogP contribution is 2.43. The molecule has 0 bridgehead atoms. The van der Waals surface area contributed by atoms with Crippen LogP contribution in [-0.2, 0) is 14.4 Å². The van der Waals surface area contributed by atoms with Crippen molar-refractivity contribution >= 4 is 57.6 Å². The number of Topliss-reactive ketones (excluding diaryl/α,β-unsaturated/α-hetero) is 1. The van der Waals surface area contributed by atoms with Gasteiger partial charge in [0.15, 0.2) is 11.6 Å². The highest BCUT2D eigenvalue weighted by molar-refractivity contribution is 6.39. The van der Waals surface area contributed by atoms with Crippen LogP contribution in [0.15, 0.2) is 12.1 Å². The lowest BCUT2D eigenvalue weighted by Gasteiger charge is -2.29. The van der Waals surface area contributed by atoms with E-state index in [1.54, 1.807) is 0 Å². The van der Waals surface area contributed by atoms with Crippen molar-refractivity contribution in [2.75, 3.05) is 19.7 Å². The van der Waals surface area contributed by atoms with E-state index in [2.05, 4.69) is 15.6 Å². The van der Waals surface area contributed by atoms with Gasteiger partial charge in [-0.2, -0.15) is 0 Å². The number of halogens is 3. The number of hydrogen-bond donors (Lipinski definition) is 4. The summed E-state index contributed by atoms with van der Waals surface area (Å²) in [5.41, 5.74) is 0.533. The number of ketones is 1. The van der Waals surface area contributed by atoms with Gasteiger partial charge in [-0.3, -0.25) is 19.2 Å². The molecule has 3 fully saturated rings. The minimum atomic E-state index is -1.04. The lowest BCUT2D eigenvalue weighted by Crippen LogP contribution is -2.53. The lowest BCUT2D eigenvalue weighted by molar-refractivity contribution is -0.133. The van der Waals surface area contributed by atoms with Gasteiger partial charge in [-0.1, -0.05) is 29.6 Å². The molecule has 1 aliphatic carbocycles. The molecule has 3 heterocycles. The number of aliphatic hydroxyl groups is 1. The van der Waals surface area contributed by atoms with E-state index in [4.69, 9.17) is 23.2 Å². The van der Waals surface area contributed by atoms with E-state index >= 15 is 0 Å². The molecule has 9 nitrogen and oxygen atoms in total.